The summed E-state index contributed by atoms with van der Waals surface area (Å²) in [4.78, 5) is 13.0. The Morgan fingerprint density at radius 1 is 1.18 bits per heavy atom. The minimum absolute atomic E-state index is 0.00471. The molecule has 0 saturated heterocycles. The van der Waals surface area contributed by atoms with Crippen LogP contribution in [-0.2, 0) is 22.8 Å². The molecule has 1 aliphatic carbocycles. The molecule has 1 fully saturated rings. The lowest BCUT2D eigenvalue weighted by molar-refractivity contribution is 0.357. The molecule has 0 bridgehead atoms. The lowest BCUT2D eigenvalue weighted by atomic mass is 9.89. The molecule has 1 saturated carbocycles. The molecule has 28 heavy (non-hydrogen) atoms. The first-order valence-corrected chi connectivity index (χ1v) is 11.8. The van der Waals surface area contributed by atoms with Gasteiger partial charge in [0.25, 0.3) is 5.56 Å². The third-order valence-corrected chi connectivity index (χ3v) is 6.91. The number of fused-ring (bicyclic) bond motifs is 1. The van der Waals surface area contributed by atoms with Crippen molar-refractivity contribution in [2.24, 2.45) is 11.3 Å². The van der Waals surface area contributed by atoms with E-state index in [0.29, 0.717) is 22.9 Å². The Bertz CT molecular complexity index is 1110. The van der Waals surface area contributed by atoms with Crippen molar-refractivity contribution in [3.8, 4) is 11.1 Å². The van der Waals surface area contributed by atoms with Crippen molar-refractivity contribution in [3.63, 3.8) is 0 Å². The lowest BCUT2D eigenvalue weighted by Crippen LogP contribution is -2.24. The van der Waals surface area contributed by atoms with Crippen LogP contribution in [0.5, 0.6) is 0 Å². The third kappa shape index (κ3) is 3.62. The number of sulfone groups is 1. The van der Waals surface area contributed by atoms with E-state index in [1.165, 1.54) is 19.1 Å². The smallest absolute Gasteiger partial charge is 0.253 e. The van der Waals surface area contributed by atoms with Gasteiger partial charge in [0.1, 0.15) is 0 Å². The van der Waals surface area contributed by atoms with Crippen LogP contribution >= 0.6 is 0 Å². The Morgan fingerprint density at radius 2 is 1.89 bits per heavy atom. The monoisotopic (exact) mass is 400 g/mol. The van der Waals surface area contributed by atoms with Gasteiger partial charge in [-0.25, -0.2) is 8.42 Å². The number of hydrogen-bond donors (Lipinski definition) is 1. The van der Waals surface area contributed by atoms with Gasteiger partial charge >= 0.3 is 0 Å². The number of nitrogens with zero attached hydrogens (tertiary/aromatic N) is 1. The van der Waals surface area contributed by atoms with Gasteiger partial charge < -0.3 is 9.88 Å². The summed E-state index contributed by atoms with van der Waals surface area (Å²) < 4.78 is 26.2. The van der Waals surface area contributed by atoms with Gasteiger partial charge in [0, 0.05) is 47.4 Å². The minimum Gasteiger partial charge on any atom is -0.384 e. The number of pyridine rings is 1. The number of hydrogen-bond acceptors (Lipinski definition) is 4. The molecule has 2 aliphatic rings. The molecule has 0 radical (unpaired) electrons. The van der Waals surface area contributed by atoms with E-state index in [-0.39, 0.29) is 11.0 Å². The van der Waals surface area contributed by atoms with Gasteiger partial charge in [-0.2, -0.15) is 0 Å². The van der Waals surface area contributed by atoms with E-state index in [2.05, 4.69) is 19.2 Å². The van der Waals surface area contributed by atoms with E-state index < -0.39 is 9.84 Å². The van der Waals surface area contributed by atoms with Crippen LogP contribution in [-0.4, -0.2) is 25.8 Å². The number of benzene rings is 1. The molecule has 1 aromatic carbocycles. The van der Waals surface area contributed by atoms with Crippen LogP contribution < -0.4 is 10.9 Å². The summed E-state index contributed by atoms with van der Waals surface area (Å²) in [5, 5.41) is 3.52. The SMILES string of the molecule is Cc1cc(-c2cc(S(C)(=O)=O)ccc2NCC2CC2)c2n(c1=O)CC(C)(C)C2. The summed E-state index contributed by atoms with van der Waals surface area (Å²) in [6.45, 7) is 7.74. The van der Waals surface area contributed by atoms with E-state index >= 15 is 0 Å². The van der Waals surface area contributed by atoms with Crippen molar-refractivity contribution < 1.29 is 8.42 Å². The molecule has 6 heteroatoms. The molecule has 2 aromatic rings. The summed E-state index contributed by atoms with van der Waals surface area (Å²) >= 11 is 0. The van der Waals surface area contributed by atoms with Crippen molar-refractivity contribution >= 4 is 15.5 Å². The van der Waals surface area contributed by atoms with Gasteiger partial charge in [0.2, 0.25) is 0 Å². The topological polar surface area (TPSA) is 68.2 Å². The third-order valence-electron chi connectivity index (χ3n) is 5.80. The zero-order valence-electron chi connectivity index (χ0n) is 17.0. The van der Waals surface area contributed by atoms with Crippen LogP contribution in [0, 0.1) is 18.3 Å². The van der Waals surface area contributed by atoms with Gasteiger partial charge in [0.05, 0.1) is 4.90 Å². The summed E-state index contributed by atoms with van der Waals surface area (Å²) in [5.74, 6) is 0.701. The van der Waals surface area contributed by atoms with Crippen LogP contribution in [0.4, 0.5) is 5.69 Å². The maximum Gasteiger partial charge on any atom is 0.253 e. The largest absolute Gasteiger partial charge is 0.384 e. The molecule has 1 N–H and O–H groups in total. The Labute approximate surface area is 166 Å². The quantitative estimate of drug-likeness (QED) is 0.832. The number of aromatic nitrogens is 1. The molecule has 2 heterocycles. The van der Waals surface area contributed by atoms with Crippen LogP contribution in [0.3, 0.4) is 0 Å². The maximum atomic E-state index is 12.7. The second kappa shape index (κ2) is 6.48. The second-order valence-electron chi connectivity index (χ2n) is 9.22. The van der Waals surface area contributed by atoms with Crippen LogP contribution in [0.25, 0.3) is 11.1 Å². The van der Waals surface area contributed by atoms with E-state index in [4.69, 9.17) is 0 Å². The van der Waals surface area contributed by atoms with Gasteiger partial charge in [-0.1, -0.05) is 13.8 Å². The normalized spacial score (nSPS) is 18.1. The fourth-order valence-electron chi connectivity index (χ4n) is 4.08. The summed E-state index contributed by atoms with van der Waals surface area (Å²) in [7, 11) is -3.32. The predicted molar refractivity (Wildman–Crippen MR) is 113 cm³/mol. The highest BCUT2D eigenvalue weighted by Crippen LogP contribution is 2.40. The molecule has 0 spiro atoms. The summed E-state index contributed by atoms with van der Waals surface area (Å²) in [5.41, 5.74) is 4.51. The zero-order chi connectivity index (χ0) is 20.3. The van der Waals surface area contributed by atoms with Crippen molar-refractivity contribution in [2.45, 2.75) is 51.5 Å². The van der Waals surface area contributed by atoms with Gasteiger partial charge in [-0.15, -0.1) is 0 Å². The van der Waals surface area contributed by atoms with Gasteiger partial charge in [-0.3, -0.25) is 4.79 Å². The van der Waals surface area contributed by atoms with Crippen molar-refractivity contribution in [3.05, 3.63) is 45.9 Å². The highest BCUT2D eigenvalue weighted by Gasteiger charge is 2.32. The second-order valence-corrected chi connectivity index (χ2v) is 11.2. The highest BCUT2D eigenvalue weighted by molar-refractivity contribution is 7.90. The minimum atomic E-state index is -3.32. The molecule has 0 atom stereocenters. The number of aryl methyl sites for hydroxylation is 1. The van der Waals surface area contributed by atoms with Gasteiger partial charge in [0.15, 0.2) is 9.84 Å². The molecule has 150 valence electrons. The maximum absolute atomic E-state index is 12.7. The number of rotatable bonds is 5. The predicted octanol–water partition coefficient (Wildman–Crippen LogP) is 3.63. The van der Waals surface area contributed by atoms with E-state index in [9.17, 15) is 13.2 Å². The van der Waals surface area contributed by atoms with Crippen molar-refractivity contribution in [1.82, 2.24) is 4.57 Å². The van der Waals surface area contributed by atoms with Crippen LogP contribution in [0.15, 0.2) is 34.0 Å². The standard InChI is InChI=1S/C22H28N2O3S/c1-14-9-18(20-11-22(2,3)13-24(20)21(14)25)17-10-16(28(4,26)27)7-8-19(17)23-12-15-5-6-15/h7-10,15,23H,5-6,11-13H2,1-4H3. The zero-order valence-corrected chi connectivity index (χ0v) is 17.8. The Balaban J connectivity index is 1.91. The molecule has 1 aliphatic heterocycles. The summed E-state index contributed by atoms with van der Waals surface area (Å²) in [6, 6.07) is 7.22. The van der Waals surface area contributed by atoms with Crippen LogP contribution in [0.2, 0.25) is 0 Å². The van der Waals surface area contributed by atoms with E-state index in [1.807, 2.05) is 23.6 Å². The van der Waals surface area contributed by atoms with Crippen molar-refractivity contribution in [2.75, 3.05) is 18.1 Å². The molecule has 5 nitrogen and oxygen atoms in total. The molecule has 4 rings (SSSR count). The molecule has 0 unspecified atom stereocenters. The fraction of sp³-hybridized carbons (Fsp3) is 0.500. The first-order valence-electron chi connectivity index (χ1n) is 9.87. The number of nitrogens with one attached hydrogen (secondary N) is 1. The van der Waals surface area contributed by atoms with Crippen LogP contribution in [0.1, 0.15) is 37.9 Å². The Kier molecular flexibility index (Phi) is 4.45. The molecule has 1 aromatic heterocycles. The molecular formula is C22H28N2O3S. The average Bonchev–Trinajstić information content (AvgIpc) is 3.37. The van der Waals surface area contributed by atoms with E-state index in [0.717, 1.165) is 35.5 Å². The first kappa shape index (κ1) is 19.2. The average molecular weight is 401 g/mol. The first-order chi connectivity index (χ1) is 13.0. The Hall–Kier alpha value is -2.08. The van der Waals surface area contributed by atoms with Crippen molar-refractivity contribution in [1.29, 1.82) is 0 Å². The molecule has 0 amide bonds. The lowest BCUT2D eigenvalue weighted by Gasteiger charge is -2.17. The van der Waals surface area contributed by atoms with Gasteiger partial charge in [-0.05, 0) is 61.8 Å². The fourth-order valence-corrected chi connectivity index (χ4v) is 4.73. The van der Waals surface area contributed by atoms with E-state index in [1.54, 1.807) is 12.1 Å². The molecular weight excluding hydrogens is 372 g/mol. The Morgan fingerprint density at radius 3 is 2.54 bits per heavy atom. The highest BCUT2D eigenvalue weighted by atomic mass is 32.2. The number of anilines is 1. The summed E-state index contributed by atoms with van der Waals surface area (Å²) in [6.07, 6.45) is 4.51.